The quantitative estimate of drug-likeness (QED) is 0.822. The third kappa shape index (κ3) is 4.22. The van der Waals surface area contributed by atoms with Gasteiger partial charge >= 0.3 is 0 Å². The zero-order valence-electron chi connectivity index (χ0n) is 12.2. The van der Waals surface area contributed by atoms with Crippen molar-refractivity contribution in [1.29, 1.82) is 0 Å². The van der Waals surface area contributed by atoms with Crippen LogP contribution in [0.2, 0.25) is 5.02 Å². The van der Waals surface area contributed by atoms with E-state index in [2.05, 4.69) is 5.32 Å². The molecule has 0 aliphatic heterocycles. The average molecular weight is 310 g/mol. The number of ether oxygens (including phenoxy) is 1. The maximum atomic E-state index is 12.1. The van der Waals surface area contributed by atoms with Crippen LogP contribution in [0.15, 0.2) is 30.4 Å². The van der Waals surface area contributed by atoms with Crippen LogP contribution in [0.1, 0.15) is 18.9 Å². The summed E-state index contributed by atoms with van der Waals surface area (Å²) in [6, 6.07) is 5.40. The van der Waals surface area contributed by atoms with Gasteiger partial charge in [-0.1, -0.05) is 29.8 Å². The molecule has 0 fully saturated rings. The van der Waals surface area contributed by atoms with Gasteiger partial charge in [-0.3, -0.25) is 4.79 Å². The molecule has 0 aromatic heterocycles. The van der Waals surface area contributed by atoms with E-state index in [1.165, 1.54) is 0 Å². The Bertz CT molecular complexity index is 544. The topological polar surface area (TPSA) is 58.6 Å². The molecule has 1 aliphatic rings. The van der Waals surface area contributed by atoms with Crippen molar-refractivity contribution in [2.24, 2.45) is 5.92 Å². The van der Waals surface area contributed by atoms with E-state index in [-0.39, 0.29) is 24.5 Å². The van der Waals surface area contributed by atoms with E-state index >= 15 is 0 Å². The fraction of sp³-hybridized carbons (Fsp3) is 0.438. The number of halogens is 1. The minimum absolute atomic E-state index is 0.0475. The first-order chi connectivity index (χ1) is 9.99. The van der Waals surface area contributed by atoms with Crippen LogP contribution < -0.4 is 10.1 Å². The van der Waals surface area contributed by atoms with Crippen molar-refractivity contribution in [3.8, 4) is 5.75 Å². The summed E-state index contributed by atoms with van der Waals surface area (Å²) in [6.07, 6.45) is 3.92. The van der Waals surface area contributed by atoms with E-state index in [0.29, 0.717) is 10.8 Å². The number of aliphatic hydroxyl groups is 1. The van der Waals surface area contributed by atoms with Crippen LogP contribution in [0, 0.1) is 12.8 Å². The average Bonchev–Trinajstić information content (AvgIpc) is 2.90. The van der Waals surface area contributed by atoms with Crippen molar-refractivity contribution in [2.75, 3.05) is 6.61 Å². The van der Waals surface area contributed by atoms with Crippen molar-refractivity contribution in [3.05, 3.63) is 40.9 Å². The van der Waals surface area contributed by atoms with Gasteiger partial charge in [0.25, 0.3) is 5.91 Å². The zero-order chi connectivity index (χ0) is 15.4. The smallest absolute Gasteiger partial charge is 0.261 e. The second kappa shape index (κ2) is 6.96. The van der Waals surface area contributed by atoms with Gasteiger partial charge in [0.05, 0.1) is 5.02 Å². The lowest BCUT2D eigenvalue weighted by Gasteiger charge is -2.19. The SMILES string of the molecule is Cc1ccc(Cl)c(OC(C)C(=O)N[C@@H]2C=C[C@H](CO)C2)c1. The van der Waals surface area contributed by atoms with Gasteiger partial charge in [-0.2, -0.15) is 0 Å². The van der Waals surface area contributed by atoms with Gasteiger partial charge in [0.1, 0.15) is 5.75 Å². The predicted octanol–water partition coefficient (Wildman–Crippen LogP) is 2.47. The van der Waals surface area contributed by atoms with Gasteiger partial charge < -0.3 is 15.2 Å². The van der Waals surface area contributed by atoms with E-state index in [1.54, 1.807) is 13.0 Å². The summed E-state index contributed by atoms with van der Waals surface area (Å²) in [5, 5.41) is 12.5. The fourth-order valence-electron chi connectivity index (χ4n) is 2.26. The first-order valence-electron chi connectivity index (χ1n) is 7.02. The molecule has 1 unspecified atom stereocenters. The van der Waals surface area contributed by atoms with E-state index in [0.717, 1.165) is 12.0 Å². The molecule has 2 N–H and O–H groups in total. The number of rotatable bonds is 5. The lowest BCUT2D eigenvalue weighted by Crippen LogP contribution is -2.41. The predicted molar refractivity (Wildman–Crippen MR) is 82.5 cm³/mol. The summed E-state index contributed by atoms with van der Waals surface area (Å²) in [4.78, 5) is 12.1. The lowest BCUT2D eigenvalue weighted by atomic mass is 10.1. The Morgan fingerprint density at radius 2 is 2.29 bits per heavy atom. The fourth-order valence-corrected chi connectivity index (χ4v) is 2.42. The van der Waals surface area contributed by atoms with Crippen molar-refractivity contribution in [2.45, 2.75) is 32.4 Å². The molecule has 1 aromatic rings. The molecule has 1 aliphatic carbocycles. The van der Waals surface area contributed by atoms with Crippen LogP contribution in [-0.2, 0) is 4.79 Å². The van der Waals surface area contributed by atoms with Gasteiger partial charge in [0.15, 0.2) is 6.10 Å². The zero-order valence-corrected chi connectivity index (χ0v) is 12.9. The first kappa shape index (κ1) is 15.9. The summed E-state index contributed by atoms with van der Waals surface area (Å²) in [5.74, 6) is 0.438. The number of aliphatic hydroxyl groups excluding tert-OH is 1. The summed E-state index contributed by atoms with van der Waals surface area (Å²) in [6.45, 7) is 3.73. The first-order valence-corrected chi connectivity index (χ1v) is 7.39. The molecule has 4 nitrogen and oxygen atoms in total. The molecule has 3 atom stereocenters. The second-order valence-electron chi connectivity index (χ2n) is 5.37. The normalized spacial score (nSPS) is 22.1. The molecule has 0 heterocycles. The number of carbonyl (C=O) groups excluding carboxylic acids is 1. The summed E-state index contributed by atoms with van der Waals surface area (Å²) in [7, 11) is 0. The molecule has 0 saturated heterocycles. The standard InChI is InChI=1S/C16H20ClNO3/c1-10-3-6-14(17)15(7-10)21-11(2)16(20)18-13-5-4-12(8-13)9-19/h3-7,11-13,19H,8-9H2,1-2H3,(H,18,20)/t11?,12-,13+/m0/s1. The van der Waals surface area contributed by atoms with Crippen LogP contribution in [0.5, 0.6) is 5.75 Å². The Kier molecular flexibility index (Phi) is 5.26. The Labute approximate surface area is 129 Å². The highest BCUT2D eigenvalue weighted by molar-refractivity contribution is 6.32. The van der Waals surface area contributed by atoms with E-state index in [4.69, 9.17) is 21.4 Å². The molecular formula is C16H20ClNO3. The summed E-state index contributed by atoms with van der Waals surface area (Å²) in [5.41, 5.74) is 1.02. The van der Waals surface area contributed by atoms with Crippen LogP contribution in [0.4, 0.5) is 0 Å². The number of hydrogen-bond donors (Lipinski definition) is 2. The van der Waals surface area contributed by atoms with Crippen molar-refractivity contribution < 1.29 is 14.6 Å². The third-order valence-corrected chi connectivity index (χ3v) is 3.81. The molecule has 0 bridgehead atoms. The number of nitrogens with one attached hydrogen (secondary N) is 1. The van der Waals surface area contributed by atoms with E-state index in [9.17, 15) is 4.79 Å². The van der Waals surface area contributed by atoms with Crippen LogP contribution in [0.3, 0.4) is 0 Å². The van der Waals surface area contributed by atoms with Crippen molar-refractivity contribution in [3.63, 3.8) is 0 Å². The number of hydrogen-bond acceptors (Lipinski definition) is 3. The molecule has 0 radical (unpaired) electrons. The molecule has 1 aromatic carbocycles. The number of amides is 1. The largest absolute Gasteiger partial charge is 0.479 e. The molecule has 2 rings (SSSR count). The van der Waals surface area contributed by atoms with Crippen LogP contribution in [0.25, 0.3) is 0 Å². The van der Waals surface area contributed by atoms with Crippen molar-refractivity contribution in [1.82, 2.24) is 5.32 Å². The lowest BCUT2D eigenvalue weighted by molar-refractivity contribution is -0.127. The molecule has 21 heavy (non-hydrogen) atoms. The monoisotopic (exact) mass is 309 g/mol. The molecule has 0 saturated carbocycles. The summed E-state index contributed by atoms with van der Waals surface area (Å²) < 4.78 is 5.63. The number of carbonyl (C=O) groups is 1. The third-order valence-electron chi connectivity index (χ3n) is 3.49. The van der Waals surface area contributed by atoms with Gasteiger partial charge in [-0.05, 0) is 38.0 Å². The Hall–Kier alpha value is -1.52. The minimum Gasteiger partial charge on any atom is -0.479 e. The van der Waals surface area contributed by atoms with Gasteiger partial charge in [0.2, 0.25) is 0 Å². The molecule has 114 valence electrons. The highest BCUT2D eigenvalue weighted by Crippen LogP contribution is 2.26. The molecule has 0 spiro atoms. The summed E-state index contributed by atoms with van der Waals surface area (Å²) >= 11 is 6.06. The Balaban J connectivity index is 1.91. The van der Waals surface area contributed by atoms with Crippen molar-refractivity contribution >= 4 is 17.5 Å². The van der Waals surface area contributed by atoms with Crippen LogP contribution in [-0.4, -0.2) is 29.8 Å². The number of benzene rings is 1. The maximum absolute atomic E-state index is 12.1. The molecular weight excluding hydrogens is 290 g/mol. The highest BCUT2D eigenvalue weighted by Gasteiger charge is 2.23. The van der Waals surface area contributed by atoms with Gasteiger partial charge in [-0.15, -0.1) is 0 Å². The Morgan fingerprint density at radius 3 is 2.95 bits per heavy atom. The molecule has 1 amide bonds. The number of aryl methyl sites for hydroxylation is 1. The van der Waals surface area contributed by atoms with E-state index in [1.807, 2.05) is 31.2 Å². The second-order valence-corrected chi connectivity index (χ2v) is 5.78. The Morgan fingerprint density at radius 1 is 1.52 bits per heavy atom. The molecule has 5 heteroatoms. The highest BCUT2D eigenvalue weighted by atomic mass is 35.5. The van der Waals surface area contributed by atoms with E-state index < -0.39 is 6.10 Å². The maximum Gasteiger partial charge on any atom is 0.261 e. The van der Waals surface area contributed by atoms with Crippen LogP contribution >= 0.6 is 11.6 Å². The van der Waals surface area contributed by atoms with Gasteiger partial charge in [-0.25, -0.2) is 0 Å². The van der Waals surface area contributed by atoms with Gasteiger partial charge in [0, 0.05) is 18.6 Å². The minimum atomic E-state index is -0.633.